The number of fused-ring (bicyclic) bond motifs is 2. The van der Waals surface area contributed by atoms with Crippen LogP contribution in [0.2, 0.25) is 0 Å². The molecule has 2 aliphatic rings. The highest BCUT2D eigenvalue weighted by Gasteiger charge is 2.35. The van der Waals surface area contributed by atoms with Crippen molar-refractivity contribution in [2.24, 2.45) is 5.92 Å². The maximum Gasteiger partial charge on any atom is 0.259 e. The zero-order chi connectivity index (χ0) is 23.2. The summed E-state index contributed by atoms with van der Waals surface area (Å²) >= 11 is 1.57. The zero-order valence-corrected chi connectivity index (χ0v) is 19.7. The number of carbonyl (C=O) groups is 2. The molecule has 3 aromatic heterocycles. The second kappa shape index (κ2) is 8.54. The zero-order valence-electron chi connectivity index (χ0n) is 18.9. The third-order valence-corrected chi connectivity index (χ3v) is 7.91. The molecule has 6 rings (SSSR count). The van der Waals surface area contributed by atoms with Crippen molar-refractivity contribution in [1.29, 1.82) is 0 Å². The molecule has 34 heavy (non-hydrogen) atoms. The van der Waals surface area contributed by atoms with Gasteiger partial charge in [0.2, 0.25) is 0 Å². The number of rotatable bonds is 6. The molecular formula is C26H26N4O3S. The lowest BCUT2D eigenvalue weighted by Crippen LogP contribution is -2.41. The van der Waals surface area contributed by atoms with Gasteiger partial charge in [0, 0.05) is 54.1 Å². The maximum absolute atomic E-state index is 13.1. The summed E-state index contributed by atoms with van der Waals surface area (Å²) in [5.41, 5.74) is 4.54. The number of hydrogen-bond acceptors (Lipinski definition) is 5. The van der Waals surface area contributed by atoms with Crippen molar-refractivity contribution in [2.45, 2.75) is 25.4 Å². The van der Waals surface area contributed by atoms with Gasteiger partial charge in [0.25, 0.3) is 11.8 Å². The van der Waals surface area contributed by atoms with Gasteiger partial charge in [-0.2, -0.15) is 0 Å². The van der Waals surface area contributed by atoms with Gasteiger partial charge in [0.05, 0.1) is 28.0 Å². The summed E-state index contributed by atoms with van der Waals surface area (Å²) < 4.78 is 8.60. The fourth-order valence-corrected chi connectivity index (χ4v) is 6.35. The molecule has 0 bridgehead atoms. The predicted octanol–water partition coefficient (Wildman–Crippen LogP) is 3.77. The number of carbonyl (C=O) groups excluding carboxylic acids is 2. The molecule has 1 aromatic carbocycles. The van der Waals surface area contributed by atoms with Crippen molar-refractivity contribution in [2.75, 3.05) is 20.3 Å². The molecule has 0 spiro atoms. The average Bonchev–Trinajstić information content (AvgIpc) is 3.58. The molecule has 174 valence electrons. The normalized spacial score (nSPS) is 21.2. The van der Waals surface area contributed by atoms with E-state index in [0.29, 0.717) is 29.7 Å². The van der Waals surface area contributed by atoms with Gasteiger partial charge in [-0.15, -0.1) is 11.3 Å². The van der Waals surface area contributed by atoms with Crippen LogP contribution in [0.5, 0.6) is 0 Å². The van der Waals surface area contributed by atoms with Crippen LogP contribution in [-0.4, -0.2) is 47.7 Å². The Balaban J connectivity index is 1.46. The van der Waals surface area contributed by atoms with E-state index in [1.165, 1.54) is 0 Å². The predicted molar refractivity (Wildman–Crippen MR) is 134 cm³/mol. The first kappa shape index (κ1) is 21.3. The lowest BCUT2D eigenvalue weighted by atomic mass is 9.92. The number of benzene rings is 1. The molecule has 4 aromatic rings. The minimum absolute atomic E-state index is 0.337. The number of H-pyrrole nitrogens is 1. The van der Waals surface area contributed by atoms with Gasteiger partial charge in [0.1, 0.15) is 0 Å². The van der Waals surface area contributed by atoms with Crippen LogP contribution in [0, 0.1) is 5.92 Å². The summed E-state index contributed by atoms with van der Waals surface area (Å²) in [7, 11) is 1.74. The summed E-state index contributed by atoms with van der Waals surface area (Å²) in [5, 5.41) is 9.05. The first-order valence-corrected chi connectivity index (χ1v) is 12.5. The lowest BCUT2D eigenvalue weighted by Gasteiger charge is -2.30. The average molecular weight is 475 g/mol. The summed E-state index contributed by atoms with van der Waals surface area (Å²) in [5.74, 6) is -0.171. The highest BCUT2D eigenvalue weighted by Crippen LogP contribution is 2.39. The topological polar surface area (TPSA) is 88.2 Å². The number of hydrogen-bond donors (Lipinski definition) is 3. The fourth-order valence-electron chi connectivity index (χ4n) is 5.47. The number of amides is 2. The molecular weight excluding hydrogens is 448 g/mol. The Hall–Kier alpha value is -3.20. The lowest BCUT2D eigenvalue weighted by molar-refractivity contribution is -0.122. The Labute approximate surface area is 200 Å². The number of aromatic nitrogens is 2. The van der Waals surface area contributed by atoms with Gasteiger partial charge >= 0.3 is 0 Å². The third-order valence-electron chi connectivity index (χ3n) is 6.97. The Kier molecular flexibility index (Phi) is 5.36. The van der Waals surface area contributed by atoms with Crippen molar-refractivity contribution >= 4 is 55.4 Å². The summed E-state index contributed by atoms with van der Waals surface area (Å²) in [6.45, 7) is 2.54. The number of piperidine rings is 1. The van der Waals surface area contributed by atoms with E-state index in [4.69, 9.17) is 4.74 Å². The number of nitrogens with zero attached hydrogens (tertiary/aromatic N) is 1. The molecule has 2 unspecified atom stereocenters. The molecule has 2 amide bonds. The Morgan fingerprint density at radius 1 is 1.12 bits per heavy atom. The van der Waals surface area contributed by atoms with Crippen molar-refractivity contribution in [1.82, 2.24) is 20.2 Å². The summed E-state index contributed by atoms with van der Waals surface area (Å²) in [4.78, 5) is 29.3. The molecule has 1 fully saturated rings. The quantitative estimate of drug-likeness (QED) is 0.371. The largest absolute Gasteiger partial charge is 0.383 e. The van der Waals surface area contributed by atoms with Crippen LogP contribution in [0.1, 0.15) is 24.0 Å². The molecule has 3 N–H and O–H groups in total. The summed E-state index contributed by atoms with van der Waals surface area (Å²) in [6, 6.07) is 10.5. The SMILES string of the molecule is COCC1CC(Cn2cc(C3=C(c4c[nH]c5ccsc45)C(=O)NC3=O)c3ccccc32)CCN1. The van der Waals surface area contributed by atoms with Crippen LogP contribution in [0.4, 0.5) is 0 Å². The van der Waals surface area contributed by atoms with Crippen LogP contribution >= 0.6 is 11.3 Å². The minimum Gasteiger partial charge on any atom is -0.383 e. The minimum atomic E-state index is -0.341. The number of ether oxygens (including phenoxy) is 1. The molecule has 5 heterocycles. The number of nitrogens with one attached hydrogen (secondary N) is 3. The first-order chi connectivity index (χ1) is 16.6. The van der Waals surface area contributed by atoms with Gasteiger partial charge in [-0.25, -0.2) is 0 Å². The highest BCUT2D eigenvalue weighted by atomic mass is 32.1. The first-order valence-electron chi connectivity index (χ1n) is 11.6. The smallest absolute Gasteiger partial charge is 0.259 e. The van der Waals surface area contributed by atoms with Crippen LogP contribution in [0.25, 0.3) is 32.3 Å². The van der Waals surface area contributed by atoms with Gasteiger partial charge in [-0.1, -0.05) is 18.2 Å². The Morgan fingerprint density at radius 3 is 2.79 bits per heavy atom. The van der Waals surface area contributed by atoms with E-state index >= 15 is 0 Å². The Morgan fingerprint density at radius 2 is 1.94 bits per heavy atom. The molecule has 1 saturated heterocycles. The molecule has 0 saturated carbocycles. The van der Waals surface area contributed by atoms with Crippen LogP contribution in [-0.2, 0) is 20.9 Å². The van der Waals surface area contributed by atoms with Crippen LogP contribution in [0.3, 0.4) is 0 Å². The van der Waals surface area contributed by atoms with Gasteiger partial charge in [0.15, 0.2) is 0 Å². The highest BCUT2D eigenvalue weighted by molar-refractivity contribution is 7.17. The van der Waals surface area contributed by atoms with E-state index in [9.17, 15) is 9.59 Å². The molecule has 8 heteroatoms. The van der Waals surface area contributed by atoms with Crippen molar-refractivity contribution < 1.29 is 14.3 Å². The monoisotopic (exact) mass is 474 g/mol. The molecule has 7 nitrogen and oxygen atoms in total. The van der Waals surface area contributed by atoms with E-state index in [1.807, 2.05) is 35.8 Å². The third kappa shape index (κ3) is 3.50. The van der Waals surface area contributed by atoms with Crippen molar-refractivity contribution in [3.8, 4) is 0 Å². The standard InChI is InChI=1S/C26H26N4O3S/c1-33-14-16-10-15(6-8-27-16)12-30-13-19(17-4-2-3-5-21(17)30)23-22(25(31)29-26(23)32)18-11-28-20-7-9-34-24(18)20/h2-5,7,9,11,13,15-16,27-28H,6,8,10,12,14H2,1H3,(H,29,31,32). The molecule has 2 atom stereocenters. The molecule has 2 aliphatic heterocycles. The van der Waals surface area contributed by atoms with Crippen LogP contribution < -0.4 is 10.6 Å². The van der Waals surface area contributed by atoms with Gasteiger partial charge in [-0.3, -0.25) is 14.9 Å². The van der Waals surface area contributed by atoms with E-state index in [-0.39, 0.29) is 11.8 Å². The number of thiophene rings is 1. The molecule has 0 aliphatic carbocycles. The molecule has 0 radical (unpaired) electrons. The van der Waals surface area contributed by atoms with E-state index in [1.54, 1.807) is 18.4 Å². The van der Waals surface area contributed by atoms with Gasteiger partial charge in [-0.05, 0) is 42.8 Å². The Bertz CT molecular complexity index is 1440. The number of imide groups is 1. The number of aromatic amines is 1. The maximum atomic E-state index is 13.1. The van der Waals surface area contributed by atoms with E-state index in [2.05, 4.69) is 32.4 Å². The number of methoxy groups -OCH3 is 1. The van der Waals surface area contributed by atoms with Crippen molar-refractivity contribution in [3.05, 3.63) is 59.2 Å². The van der Waals surface area contributed by atoms with Crippen LogP contribution in [0.15, 0.2) is 48.1 Å². The second-order valence-electron chi connectivity index (χ2n) is 9.11. The van der Waals surface area contributed by atoms with E-state index in [0.717, 1.165) is 58.2 Å². The van der Waals surface area contributed by atoms with Gasteiger partial charge < -0.3 is 19.6 Å². The van der Waals surface area contributed by atoms with Crippen molar-refractivity contribution in [3.63, 3.8) is 0 Å². The number of para-hydroxylation sites is 1. The second-order valence-corrected chi connectivity index (χ2v) is 10.0. The van der Waals surface area contributed by atoms with E-state index < -0.39 is 0 Å². The summed E-state index contributed by atoms with van der Waals surface area (Å²) in [6.07, 6.45) is 6.03. The fraction of sp³-hybridized carbons (Fsp3) is 0.308.